The van der Waals surface area contributed by atoms with Gasteiger partial charge in [-0.25, -0.2) is 4.98 Å². The van der Waals surface area contributed by atoms with Crippen LogP contribution in [0.2, 0.25) is 0 Å². The van der Waals surface area contributed by atoms with Gasteiger partial charge in [0, 0.05) is 44.0 Å². The lowest BCUT2D eigenvalue weighted by atomic mass is 10.0. The van der Waals surface area contributed by atoms with Crippen molar-refractivity contribution in [3.63, 3.8) is 0 Å². The summed E-state index contributed by atoms with van der Waals surface area (Å²) in [7, 11) is 0. The summed E-state index contributed by atoms with van der Waals surface area (Å²) in [5.41, 5.74) is 1.44. The molecule has 3 rings (SSSR count). The number of hydrogen-bond donors (Lipinski definition) is 1. The van der Waals surface area contributed by atoms with E-state index in [1.54, 1.807) is 0 Å². The van der Waals surface area contributed by atoms with Gasteiger partial charge in [-0.3, -0.25) is 4.90 Å². The Hall–Kier alpha value is -1.13. The van der Waals surface area contributed by atoms with Crippen LogP contribution in [0.4, 0.5) is 5.82 Å². The molecule has 20 heavy (non-hydrogen) atoms. The van der Waals surface area contributed by atoms with Crippen LogP contribution in [0.3, 0.4) is 0 Å². The summed E-state index contributed by atoms with van der Waals surface area (Å²) in [4.78, 5) is 9.81. The Labute approximate surface area is 122 Å². The maximum absolute atomic E-state index is 4.71. The van der Waals surface area contributed by atoms with E-state index >= 15 is 0 Å². The first-order valence-corrected chi connectivity index (χ1v) is 8.05. The highest BCUT2D eigenvalue weighted by atomic mass is 15.2. The minimum atomic E-state index is 0.577. The summed E-state index contributed by atoms with van der Waals surface area (Å²) in [5, 5.41) is 3.42. The van der Waals surface area contributed by atoms with Crippen molar-refractivity contribution in [2.45, 2.75) is 32.2 Å². The van der Waals surface area contributed by atoms with Gasteiger partial charge >= 0.3 is 0 Å². The van der Waals surface area contributed by atoms with Crippen molar-refractivity contribution < 1.29 is 0 Å². The molecule has 2 saturated heterocycles. The Bertz CT molecular complexity index is 428. The van der Waals surface area contributed by atoms with Crippen molar-refractivity contribution in [3.8, 4) is 0 Å². The zero-order valence-corrected chi connectivity index (χ0v) is 12.5. The van der Waals surface area contributed by atoms with Gasteiger partial charge in [0.1, 0.15) is 5.82 Å². The molecule has 2 fully saturated rings. The van der Waals surface area contributed by atoms with E-state index < -0.39 is 0 Å². The Morgan fingerprint density at radius 1 is 1.30 bits per heavy atom. The van der Waals surface area contributed by atoms with Crippen molar-refractivity contribution in [2.75, 3.05) is 44.2 Å². The van der Waals surface area contributed by atoms with Crippen LogP contribution in [0.1, 0.15) is 37.8 Å². The standard InChI is InChI=1S/C16H26N4/c1-2-10-19-11-4-6-15(19)14-5-3-7-18-16(14)20-12-8-17-9-13-20/h3,5,7,15,17H,2,4,6,8-13H2,1H3. The van der Waals surface area contributed by atoms with E-state index in [0.717, 1.165) is 26.2 Å². The second kappa shape index (κ2) is 6.55. The lowest BCUT2D eigenvalue weighted by Gasteiger charge is -2.33. The van der Waals surface area contributed by atoms with Gasteiger partial charge in [0.05, 0.1) is 0 Å². The van der Waals surface area contributed by atoms with Gasteiger partial charge in [0.15, 0.2) is 0 Å². The first-order valence-electron chi connectivity index (χ1n) is 8.05. The molecule has 0 aliphatic carbocycles. The average molecular weight is 274 g/mol. The third kappa shape index (κ3) is 2.81. The predicted octanol–water partition coefficient (Wildman–Crippen LogP) is 2.04. The number of piperazine rings is 1. The number of rotatable bonds is 4. The Morgan fingerprint density at radius 2 is 2.15 bits per heavy atom. The zero-order valence-electron chi connectivity index (χ0n) is 12.5. The molecule has 0 radical (unpaired) electrons. The van der Waals surface area contributed by atoms with E-state index in [1.807, 2.05) is 6.20 Å². The van der Waals surface area contributed by atoms with Gasteiger partial charge in [-0.15, -0.1) is 0 Å². The molecule has 1 atom stereocenters. The molecule has 4 heteroatoms. The van der Waals surface area contributed by atoms with Gasteiger partial charge in [0.25, 0.3) is 0 Å². The SMILES string of the molecule is CCCN1CCCC1c1cccnc1N1CCNCC1. The number of hydrogen-bond acceptors (Lipinski definition) is 4. The average Bonchev–Trinajstić information content (AvgIpc) is 2.97. The Balaban J connectivity index is 1.85. The molecule has 1 N–H and O–H groups in total. The van der Waals surface area contributed by atoms with Gasteiger partial charge in [0.2, 0.25) is 0 Å². The maximum atomic E-state index is 4.71. The largest absolute Gasteiger partial charge is 0.354 e. The molecule has 110 valence electrons. The highest BCUT2D eigenvalue weighted by Gasteiger charge is 2.29. The highest BCUT2D eigenvalue weighted by Crippen LogP contribution is 2.36. The summed E-state index contributed by atoms with van der Waals surface area (Å²) in [6.07, 6.45) is 5.78. The summed E-state index contributed by atoms with van der Waals surface area (Å²) in [6.45, 7) is 9.01. The van der Waals surface area contributed by atoms with Crippen molar-refractivity contribution in [3.05, 3.63) is 23.9 Å². The van der Waals surface area contributed by atoms with E-state index in [9.17, 15) is 0 Å². The Morgan fingerprint density at radius 3 is 2.95 bits per heavy atom. The van der Waals surface area contributed by atoms with Crippen molar-refractivity contribution in [1.29, 1.82) is 0 Å². The summed E-state index contributed by atoms with van der Waals surface area (Å²) >= 11 is 0. The second-order valence-electron chi connectivity index (χ2n) is 5.85. The number of nitrogens with one attached hydrogen (secondary N) is 1. The van der Waals surface area contributed by atoms with Crippen molar-refractivity contribution in [2.24, 2.45) is 0 Å². The van der Waals surface area contributed by atoms with Crippen molar-refractivity contribution >= 4 is 5.82 Å². The fourth-order valence-corrected chi connectivity index (χ4v) is 3.54. The van der Waals surface area contributed by atoms with Crippen LogP contribution in [0.5, 0.6) is 0 Å². The molecule has 1 aromatic heterocycles. The quantitative estimate of drug-likeness (QED) is 0.910. The third-order valence-electron chi connectivity index (χ3n) is 4.47. The van der Waals surface area contributed by atoms with Crippen LogP contribution in [0, 0.1) is 0 Å². The molecule has 2 aliphatic rings. The summed E-state index contributed by atoms with van der Waals surface area (Å²) in [5.74, 6) is 1.22. The molecule has 1 aromatic rings. The summed E-state index contributed by atoms with van der Waals surface area (Å²) in [6, 6.07) is 4.97. The van der Waals surface area contributed by atoms with E-state index in [2.05, 4.69) is 34.2 Å². The van der Waals surface area contributed by atoms with Crippen LogP contribution in [-0.2, 0) is 0 Å². The molecule has 3 heterocycles. The lowest BCUT2D eigenvalue weighted by Crippen LogP contribution is -2.44. The normalized spacial score (nSPS) is 24.2. The number of pyridine rings is 1. The number of aromatic nitrogens is 1. The summed E-state index contributed by atoms with van der Waals surface area (Å²) < 4.78 is 0. The first kappa shape index (κ1) is 13.8. The fraction of sp³-hybridized carbons (Fsp3) is 0.688. The molecule has 0 aromatic carbocycles. The molecule has 0 amide bonds. The van der Waals surface area contributed by atoms with Gasteiger partial charge in [-0.2, -0.15) is 0 Å². The van der Waals surface area contributed by atoms with E-state index in [0.29, 0.717) is 6.04 Å². The Kier molecular flexibility index (Phi) is 4.53. The van der Waals surface area contributed by atoms with E-state index in [-0.39, 0.29) is 0 Å². The second-order valence-corrected chi connectivity index (χ2v) is 5.85. The van der Waals surface area contributed by atoms with Gasteiger partial charge in [-0.1, -0.05) is 13.0 Å². The maximum Gasteiger partial charge on any atom is 0.133 e. The minimum Gasteiger partial charge on any atom is -0.354 e. The highest BCUT2D eigenvalue weighted by molar-refractivity contribution is 5.49. The monoisotopic (exact) mass is 274 g/mol. The number of anilines is 1. The van der Waals surface area contributed by atoms with Crippen LogP contribution in [-0.4, -0.2) is 49.2 Å². The fourth-order valence-electron chi connectivity index (χ4n) is 3.54. The van der Waals surface area contributed by atoms with E-state index in [1.165, 1.54) is 43.7 Å². The van der Waals surface area contributed by atoms with Gasteiger partial charge in [-0.05, 0) is 38.4 Å². The van der Waals surface area contributed by atoms with E-state index in [4.69, 9.17) is 4.98 Å². The minimum absolute atomic E-state index is 0.577. The topological polar surface area (TPSA) is 31.4 Å². The lowest BCUT2D eigenvalue weighted by molar-refractivity contribution is 0.257. The van der Waals surface area contributed by atoms with Crippen LogP contribution in [0.15, 0.2) is 18.3 Å². The molecule has 0 spiro atoms. The smallest absolute Gasteiger partial charge is 0.133 e. The molecular weight excluding hydrogens is 248 g/mol. The molecule has 2 aliphatic heterocycles. The molecular formula is C16H26N4. The number of nitrogens with zero attached hydrogens (tertiary/aromatic N) is 3. The molecule has 0 saturated carbocycles. The van der Waals surface area contributed by atoms with Crippen molar-refractivity contribution in [1.82, 2.24) is 15.2 Å². The van der Waals surface area contributed by atoms with Crippen LogP contribution < -0.4 is 10.2 Å². The first-order chi connectivity index (χ1) is 9.90. The third-order valence-corrected chi connectivity index (χ3v) is 4.47. The van der Waals surface area contributed by atoms with Crippen LogP contribution in [0.25, 0.3) is 0 Å². The molecule has 4 nitrogen and oxygen atoms in total. The zero-order chi connectivity index (χ0) is 13.8. The predicted molar refractivity (Wildman–Crippen MR) is 83.2 cm³/mol. The van der Waals surface area contributed by atoms with Gasteiger partial charge < -0.3 is 10.2 Å². The number of likely N-dealkylation sites (tertiary alicyclic amines) is 1. The van der Waals surface area contributed by atoms with Crippen LogP contribution >= 0.6 is 0 Å². The molecule has 1 unspecified atom stereocenters. The molecule has 0 bridgehead atoms.